The summed E-state index contributed by atoms with van der Waals surface area (Å²) in [6, 6.07) is 6.66. The van der Waals surface area contributed by atoms with E-state index < -0.39 is 0 Å². The van der Waals surface area contributed by atoms with Gasteiger partial charge in [0, 0.05) is 36.9 Å². The van der Waals surface area contributed by atoms with Crippen LogP contribution < -0.4 is 10.2 Å². The molecule has 0 heterocycles. The SMILES string of the molecule is CCC(C)CN(C)c1cc(Cl)ccc1CNC(C)C. The van der Waals surface area contributed by atoms with Crippen LogP contribution in [0.3, 0.4) is 0 Å². The van der Waals surface area contributed by atoms with Gasteiger partial charge < -0.3 is 10.2 Å². The highest BCUT2D eigenvalue weighted by Gasteiger charge is 2.11. The van der Waals surface area contributed by atoms with Crippen molar-refractivity contribution in [2.45, 2.75) is 46.7 Å². The van der Waals surface area contributed by atoms with Crippen molar-refractivity contribution in [1.82, 2.24) is 5.32 Å². The van der Waals surface area contributed by atoms with E-state index in [-0.39, 0.29) is 0 Å². The molecule has 1 rings (SSSR count). The zero-order valence-corrected chi connectivity index (χ0v) is 13.6. The van der Waals surface area contributed by atoms with Crippen molar-refractivity contribution < 1.29 is 0 Å². The molecule has 0 fully saturated rings. The first-order chi connectivity index (χ1) is 8.93. The summed E-state index contributed by atoms with van der Waals surface area (Å²) >= 11 is 6.15. The first-order valence-corrected chi connectivity index (χ1v) is 7.54. The van der Waals surface area contributed by atoms with Gasteiger partial charge in [0.25, 0.3) is 0 Å². The van der Waals surface area contributed by atoms with Crippen molar-refractivity contribution in [3.8, 4) is 0 Å². The fraction of sp³-hybridized carbons (Fsp3) is 0.625. The minimum absolute atomic E-state index is 0.489. The highest BCUT2D eigenvalue weighted by Crippen LogP contribution is 2.25. The van der Waals surface area contributed by atoms with Crippen LogP contribution in [0.5, 0.6) is 0 Å². The van der Waals surface area contributed by atoms with E-state index >= 15 is 0 Å². The zero-order valence-electron chi connectivity index (χ0n) is 12.8. The predicted molar refractivity (Wildman–Crippen MR) is 86.2 cm³/mol. The second-order valence-corrected chi connectivity index (χ2v) is 6.14. The molecule has 0 spiro atoms. The molecule has 3 heteroatoms. The normalized spacial score (nSPS) is 12.8. The molecule has 0 bridgehead atoms. The molecule has 1 aromatic carbocycles. The minimum atomic E-state index is 0.489. The second-order valence-electron chi connectivity index (χ2n) is 5.70. The molecule has 0 aromatic heterocycles. The average Bonchev–Trinajstić information content (AvgIpc) is 2.36. The van der Waals surface area contributed by atoms with Crippen LogP contribution >= 0.6 is 11.6 Å². The van der Waals surface area contributed by atoms with Crippen LogP contribution in [-0.2, 0) is 6.54 Å². The van der Waals surface area contributed by atoms with Gasteiger partial charge in [-0.2, -0.15) is 0 Å². The summed E-state index contributed by atoms with van der Waals surface area (Å²) < 4.78 is 0. The van der Waals surface area contributed by atoms with Crippen LogP contribution in [0, 0.1) is 5.92 Å². The topological polar surface area (TPSA) is 15.3 Å². The summed E-state index contributed by atoms with van der Waals surface area (Å²) in [6.07, 6.45) is 1.20. The second kappa shape index (κ2) is 7.76. The Hall–Kier alpha value is -0.730. The lowest BCUT2D eigenvalue weighted by molar-refractivity contribution is 0.555. The molecule has 19 heavy (non-hydrogen) atoms. The minimum Gasteiger partial charge on any atom is -0.374 e. The van der Waals surface area contributed by atoms with E-state index in [4.69, 9.17) is 11.6 Å². The lowest BCUT2D eigenvalue weighted by Crippen LogP contribution is -2.27. The van der Waals surface area contributed by atoms with Crippen LogP contribution in [0.1, 0.15) is 39.7 Å². The van der Waals surface area contributed by atoms with Crippen LogP contribution in [0.2, 0.25) is 5.02 Å². The van der Waals surface area contributed by atoms with Crippen LogP contribution in [0.25, 0.3) is 0 Å². The van der Waals surface area contributed by atoms with Gasteiger partial charge in [-0.25, -0.2) is 0 Å². The standard InChI is InChI=1S/C16H27ClN2/c1-6-13(4)11-19(5)16-9-15(17)8-7-14(16)10-18-12(2)3/h7-9,12-13,18H,6,10-11H2,1-5H3. The van der Waals surface area contributed by atoms with E-state index in [2.05, 4.69) is 57.1 Å². The number of halogens is 1. The average molecular weight is 283 g/mol. The number of benzene rings is 1. The molecule has 1 N–H and O–H groups in total. The van der Waals surface area contributed by atoms with Gasteiger partial charge in [0.05, 0.1) is 0 Å². The van der Waals surface area contributed by atoms with Gasteiger partial charge in [-0.05, 0) is 23.6 Å². The quantitative estimate of drug-likeness (QED) is 0.801. The molecular weight excluding hydrogens is 256 g/mol. The van der Waals surface area contributed by atoms with E-state index in [0.29, 0.717) is 12.0 Å². The van der Waals surface area contributed by atoms with Crippen LogP contribution in [-0.4, -0.2) is 19.6 Å². The Kier molecular flexibility index (Phi) is 6.67. The first kappa shape index (κ1) is 16.3. The lowest BCUT2D eigenvalue weighted by Gasteiger charge is -2.26. The maximum Gasteiger partial charge on any atom is 0.0426 e. The molecule has 1 atom stereocenters. The number of anilines is 1. The number of hydrogen-bond donors (Lipinski definition) is 1. The van der Waals surface area contributed by atoms with Gasteiger partial charge in [0.1, 0.15) is 0 Å². The monoisotopic (exact) mass is 282 g/mol. The fourth-order valence-corrected chi connectivity index (χ4v) is 2.22. The third kappa shape index (κ3) is 5.42. The van der Waals surface area contributed by atoms with Crippen molar-refractivity contribution >= 4 is 17.3 Å². The van der Waals surface area contributed by atoms with Crippen LogP contribution in [0.15, 0.2) is 18.2 Å². The third-order valence-corrected chi connectivity index (χ3v) is 3.68. The summed E-state index contributed by atoms with van der Waals surface area (Å²) in [4.78, 5) is 2.32. The summed E-state index contributed by atoms with van der Waals surface area (Å²) in [5, 5.41) is 4.28. The molecule has 0 saturated carbocycles. The highest BCUT2D eigenvalue weighted by atomic mass is 35.5. The smallest absolute Gasteiger partial charge is 0.0426 e. The Balaban J connectivity index is 2.86. The molecule has 0 aliphatic heterocycles. The lowest BCUT2D eigenvalue weighted by atomic mass is 10.1. The van der Waals surface area contributed by atoms with E-state index in [1.54, 1.807) is 0 Å². The maximum atomic E-state index is 6.15. The van der Waals surface area contributed by atoms with Crippen molar-refractivity contribution in [2.75, 3.05) is 18.5 Å². The molecular formula is C16H27ClN2. The number of hydrogen-bond acceptors (Lipinski definition) is 2. The van der Waals surface area contributed by atoms with Gasteiger partial charge in [0.2, 0.25) is 0 Å². The fourth-order valence-electron chi connectivity index (χ4n) is 2.05. The van der Waals surface area contributed by atoms with Crippen molar-refractivity contribution in [1.29, 1.82) is 0 Å². The molecule has 0 saturated heterocycles. The Morgan fingerprint density at radius 2 is 1.95 bits per heavy atom. The molecule has 1 unspecified atom stereocenters. The van der Waals surface area contributed by atoms with E-state index in [0.717, 1.165) is 18.1 Å². The van der Waals surface area contributed by atoms with E-state index in [1.807, 2.05) is 6.07 Å². The zero-order chi connectivity index (χ0) is 14.4. The number of rotatable bonds is 7. The maximum absolute atomic E-state index is 6.15. The molecule has 1 aromatic rings. The highest BCUT2D eigenvalue weighted by molar-refractivity contribution is 6.30. The molecule has 0 radical (unpaired) electrons. The molecule has 0 amide bonds. The largest absolute Gasteiger partial charge is 0.374 e. The predicted octanol–water partition coefficient (Wildman–Crippen LogP) is 4.32. The van der Waals surface area contributed by atoms with Gasteiger partial charge in [-0.1, -0.05) is 51.8 Å². The van der Waals surface area contributed by atoms with Crippen molar-refractivity contribution in [3.63, 3.8) is 0 Å². The Labute approximate surface area is 123 Å². The van der Waals surface area contributed by atoms with Crippen LogP contribution in [0.4, 0.5) is 5.69 Å². The van der Waals surface area contributed by atoms with Crippen molar-refractivity contribution in [2.24, 2.45) is 5.92 Å². The Bertz CT molecular complexity index is 390. The van der Waals surface area contributed by atoms with E-state index in [9.17, 15) is 0 Å². The number of nitrogens with zero attached hydrogens (tertiary/aromatic N) is 1. The molecule has 0 aliphatic carbocycles. The van der Waals surface area contributed by atoms with Gasteiger partial charge in [-0.3, -0.25) is 0 Å². The van der Waals surface area contributed by atoms with E-state index in [1.165, 1.54) is 17.7 Å². The molecule has 0 aliphatic rings. The molecule has 108 valence electrons. The summed E-state index contributed by atoms with van der Waals surface area (Å²) in [7, 11) is 2.15. The third-order valence-electron chi connectivity index (χ3n) is 3.44. The first-order valence-electron chi connectivity index (χ1n) is 7.17. The van der Waals surface area contributed by atoms with Gasteiger partial charge >= 0.3 is 0 Å². The molecule has 2 nitrogen and oxygen atoms in total. The summed E-state index contributed by atoms with van der Waals surface area (Å²) in [6.45, 7) is 10.8. The van der Waals surface area contributed by atoms with Gasteiger partial charge in [0.15, 0.2) is 0 Å². The van der Waals surface area contributed by atoms with Gasteiger partial charge in [-0.15, -0.1) is 0 Å². The Morgan fingerprint density at radius 1 is 1.26 bits per heavy atom. The number of nitrogens with one attached hydrogen (secondary N) is 1. The summed E-state index contributed by atoms with van der Waals surface area (Å²) in [5.41, 5.74) is 2.55. The Morgan fingerprint density at radius 3 is 2.53 bits per heavy atom. The van der Waals surface area contributed by atoms with Crippen molar-refractivity contribution in [3.05, 3.63) is 28.8 Å². The summed E-state index contributed by atoms with van der Waals surface area (Å²) in [5.74, 6) is 0.690.